The number of nitrogens with one attached hydrogen (secondary N) is 2. The van der Waals surface area contributed by atoms with Crippen LogP contribution < -0.4 is 15.5 Å². The zero-order valence-electron chi connectivity index (χ0n) is 20.2. The first-order valence-corrected chi connectivity index (χ1v) is 12.1. The Morgan fingerprint density at radius 2 is 1.86 bits per heavy atom. The summed E-state index contributed by atoms with van der Waals surface area (Å²) >= 11 is 0. The number of aromatic nitrogens is 1. The Balaban J connectivity index is 1.29. The van der Waals surface area contributed by atoms with Crippen LogP contribution in [0.5, 0.6) is 0 Å². The van der Waals surface area contributed by atoms with Gasteiger partial charge in [0, 0.05) is 32.4 Å². The minimum atomic E-state index is -1.37. The molecule has 2 saturated heterocycles. The van der Waals surface area contributed by atoms with Crippen LogP contribution in [0.25, 0.3) is 0 Å². The van der Waals surface area contributed by atoms with E-state index in [0.29, 0.717) is 37.7 Å². The van der Waals surface area contributed by atoms with E-state index in [9.17, 15) is 14.4 Å². The number of imide groups is 1. The Hall–Kier alpha value is -3.49. The van der Waals surface area contributed by atoms with Crippen molar-refractivity contribution in [3.05, 3.63) is 58.5 Å². The fraction of sp³-hybridized carbons (Fsp3) is 0.462. The first kappa shape index (κ1) is 23.3. The molecule has 9 heteroatoms. The molecule has 0 bridgehead atoms. The molecule has 3 aliphatic rings. The first-order chi connectivity index (χ1) is 16.7. The van der Waals surface area contributed by atoms with Crippen molar-refractivity contribution in [1.82, 2.24) is 20.5 Å². The van der Waals surface area contributed by atoms with E-state index < -0.39 is 23.3 Å². The van der Waals surface area contributed by atoms with E-state index in [-0.39, 0.29) is 17.4 Å². The van der Waals surface area contributed by atoms with Crippen molar-refractivity contribution in [3.8, 4) is 0 Å². The van der Waals surface area contributed by atoms with Gasteiger partial charge in [0.15, 0.2) is 0 Å². The molecule has 5 rings (SSSR count). The number of pyridine rings is 1. The summed E-state index contributed by atoms with van der Waals surface area (Å²) in [5.41, 5.74) is 1.33. The summed E-state index contributed by atoms with van der Waals surface area (Å²) < 4.78 is 15.2. The Morgan fingerprint density at radius 3 is 2.40 bits per heavy atom. The average molecular weight is 480 g/mol. The van der Waals surface area contributed by atoms with Crippen molar-refractivity contribution in [2.75, 3.05) is 31.1 Å². The van der Waals surface area contributed by atoms with Crippen LogP contribution in [0, 0.1) is 18.7 Å². The maximum absolute atomic E-state index is 15.2. The second-order valence-electron chi connectivity index (χ2n) is 10.0. The maximum atomic E-state index is 15.2. The lowest BCUT2D eigenvalue weighted by Gasteiger charge is -2.36. The van der Waals surface area contributed by atoms with Gasteiger partial charge in [-0.3, -0.25) is 14.9 Å². The minimum absolute atomic E-state index is 0.0473. The van der Waals surface area contributed by atoms with Gasteiger partial charge in [-0.1, -0.05) is 26.0 Å². The third-order valence-corrected chi connectivity index (χ3v) is 7.40. The summed E-state index contributed by atoms with van der Waals surface area (Å²) in [6, 6.07) is 5.74. The SMILES string of the molecule is Cc1cc(C2CC2)cnc1N1CCN(C(=O)c2ccc(C3(C(C)C)NC(=O)NC3=O)cc2F)CC1. The van der Waals surface area contributed by atoms with Crippen LogP contribution >= 0.6 is 0 Å². The molecule has 1 unspecified atom stereocenters. The zero-order chi connectivity index (χ0) is 24.9. The number of hydrogen-bond acceptors (Lipinski definition) is 5. The molecule has 3 fully saturated rings. The lowest BCUT2D eigenvalue weighted by atomic mass is 9.79. The van der Waals surface area contributed by atoms with Crippen LogP contribution in [0.2, 0.25) is 0 Å². The van der Waals surface area contributed by atoms with E-state index in [1.807, 2.05) is 6.20 Å². The molecule has 1 aromatic carbocycles. The molecule has 1 aliphatic carbocycles. The number of carbonyl (C=O) groups is 3. The molecule has 1 aromatic heterocycles. The highest BCUT2D eigenvalue weighted by molar-refractivity contribution is 6.07. The average Bonchev–Trinajstić information content (AvgIpc) is 3.63. The number of carbonyl (C=O) groups excluding carboxylic acids is 3. The number of urea groups is 1. The van der Waals surface area contributed by atoms with Gasteiger partial charge in [-0.15, -0.1) is 0 Å². The Bertz CT molecular complexity index is 1200. The topological polar surface area (TPSA) is 94.6 Å². The number of halogens is 1. The normalized spacial score (nSPS) is 22.4. The number of anilines is 1. The monoisotopic (exact) mass is 479 g/mol. The van der Waals surface area contributed by atoms with Gasteiger partial charge < -0.3 is 15.1 Å². The van der Waals surface area contributed by atoms with Gasteiger partial charge in [-0.05, 0) is 60.4 Å². The van der Waals surface area contributed by atoms with Gasteiger partial charge in [0.05, 0.1) is 5.56 Å². The summed E-state index contributed by atoms with van der Waals surface area (Å²) in [6.07, 6.45) is 4.43. The van der Waals surface area contributed by atoms with Crippen molar-refractivity contribution >= 4 is 23.7 Å². The molecule has 35 heavy (non-hydrogen) atoms. The van der Waals surface area contributed by atoms with Crippen molar-refractivity contribution in [2.24, 2.45) is 5.92 Å². The van der Waals surface area contributed by atoms with Crippen LogP contribution in [-0.2, 0) is 10.3 Å². The third-order valence-electron chi connectivity index (χ3n) is 7.40. The zero-order valence-corrected chi connectivity index (χ0v) is 20.2. The minimum Gasteiger partial charge on any atom is -0.353 e. The fourth-order valence-corrected chi connectivity index (χ4v) is 5.20. The number of nitrogens with zero attached hydrogens (tertiary/aromatic N) is 3. The van der Waals surface area contributed by atoms with Gasteiger partial charge in [-0.2, -0.15) is 0 Å². The predicted molar refractivity (Wildman–Crippen MR) is 129 cm³/mol. The van der Waals surface area contributed by atoms with Gasteiger partial charge in [0.1, 0.15) is 17.2 Å². The number of benzene rings is 1. The molecule has 184 valence electrons. The van der Waals surface area contributed by atoms with Gasteiger partial charge in [0.2, 0.25) is 0 Å². The van der Waals surface area contributed by atoms with Crippen LogP contribution in [-0.4, -0.2) is 53.9 Å². The van der Waals surface area contributed by atoms with E-state index in [1.165, 1.54) is 30.5 Å². The Morgan fingerprint density at radius 1 is 1.14 bits per heavy atom. The quantitative estimate of drug-likeness (QED) is 0.643. The molecule has 8 nitrogen and oxygen atoms in total. The molecule has 0 spiro atoms. The summed E-state index contributed by atoms with van der Waals surface area (Å²) in [5, 5.41) is 4.87. The van der Waals surface area contributed by atoms with E-state index >= 15 is 4.39 Å². The molecule has 0 radical (unpaired) electrons. The highest BCUT2D eigenvalue weighted by atomic mass is 19.1. The van der Waals surface area contributed by atoms with Crippen molar-refractivity contribution in [2.45, 2.75) is 45.1 Å². The Labute approximate surface area is 203 Å². The van der Waals surface area contributed by atoms with Crippen molar-refractivity contribution in [3.63, 3.8) is 0 Å². The molecule has 2 N–H and O–H groups in total. The molecular formula is C26H30FN5O3. The summed E-state index contributed by atoms with van der Waals surface area (Å²) in [6.45, 7) is 7.77. The van der Waals surface area contributed by atoms with E-state index in [4.69, 9.17) is 0 Å². The molecule has 3 heterocycles. The van der Waals surface area contributed by atoms with Crippen molar-refractivity contribution < 1.29 is 18.8 Å². The number of amides is 4. The lowest BCUT2D eigenvalue weighted by molar-refractivity contribution is -0.125. The maximum Gasteiger partial charge on any atom is 0.322 e. The number of aryl methyl sites for hydroxylation is 1. The summed E-state index contributed by atoms with van der Waals surface area (Å²) in [4.78, 5) is 46.0. The van der Waals surface area contributed by atoms with E-state index in [0.717, 1.165) is 11.4 Å². The van der Waals surface area contributed by atoms with Crippen molar-refractivity contribution in [1.29, 1.82) is 0 Å². The van der Waals surface area contributed by atoms with Gasteiger partial charge in [-0.25, -0.2) is 14.2 Å². The molecular weight excluding hydrogens is 449 g/mol. The molecule has 2 aliphatic heterocycles. The molecule has 1 saturated carbocycles. The smallest absolute Gasteiger partial charge is 0.322 e. The molecule has 2 aromatic rings. The van der Waals surface area contributed by atoms with E-state index in [1.54, 1.807) is 24.8 Å². The lowest BCUT2D eigenvalue weighted by Crippen LogP contribution is -2.49. The Kier molecular flexibility index (Phi) is 5.73. The van der Waals surface area contributed by atoms with Gasteiger partial charge >= 0.3 is 6.03 Å². The van der Waals surface area contributed by atoms with Crippen LogP contribution in [0.15, 0.2) is 30.5 Å². The van der Waals surface area contributed by atoms with Crippen LogP contribution in [0.3, 0.4) is 0 Å². The highest BCUT2D eigenvalue weighted by Gasteiger charge is 2.50. The van der Waals surface area contributed by atoms with Gasteiger partial charge in [0.25, 0.3) is 11.8 Å². The summed E-state index contributed by atoms with van der Waals surface area (Å²) in [5.74, 6) is -0.355. The van der Waals surface area contributed by atoms with E-state index in [2.05, 4.69) is 33.5 Å². The molecule has 4 amide bonds. The third kappa shape index (κ3) is 4.02. The second kappa shape index (κ2) is 8.62. The number of hydrogen-bond donors (Lipinski definition) is 2. The first-order valence-electron chi connectivity index (χ1n) is 12.1. The number of rotatable bonds is 5. The van der Waals surface area contributed by atoms with Crippen LogP contribution in [0.4, 0.5) is 15.0 Å². The second-order valence-corrected chi connectivity index (χ2v) is 10.0. The fourth-order valence-electron chi connectivity index (χ4n) is 5.20. The van der Waals surface area contributed by atoms with Crippen LogP contribution in [0.1, 0.15) is 59.7 Å². The number of piperazine rings is 1. The highest BCUT2D eigenvalue weighted by Crippen LogP contribution is 2.40. The standard InChI is InChI=1S/C26H30FN5O3/c1-15(2)26(24(34)29-25(35)30-26)19-6-7-20(21(27)13-19)23(33)32-10-8-31(9-11-32)22-16(3)12-18(14-28-22)17-4-5-17/h6-7,12-15,17H,4-5,8-11H2,1-3H3,(H2,29,30,34,35). The summed E-state index contributed by atoms with van der Waals surface area (Å²) in [7, 11) is 0. The molecule has 1 atom stereocenters. The predicted octanol–water partition coefficient (Wildman–Crippen LogP) is 3.06. The largest absolute Gasteiger partial charge is 0.353 e.